The number of rotatable bonds is 2. The zero-order valence-corrected chi connectivity index (χ0v) is 10.4. The third-order valence-corrected chi connectivity index (χ3v) is 3.36. The Labute approximate surface area is 101 Å². The van der Waals surface area contributed by atoms with Crippen LogP contribution in [0.25, 0.3) is 0 Å². The van der Waals surface area contributed by atoms with Gasteiger partial charge in [0.1, 0.15) is 0 Å². The van der Waals surface area contributed by atoms with Crippen molar-refractivity contribution in [3.8, 4) is 0 Å². The number of piperidine rings is 1. The number of anilines is 1. The first kappa shape index (κ1) is 11.6. The van der Waals surface area contributed by atoms with Crippen molar-refractivity contribution in [1.82, 2.24) is 14.9 Å². The molecule has 0 spiro atoms. The molecular weight excluding hydrogens is 224 g/mol. The fourth-order valence-corrected chi connectivity index (χ4v) is 2.09. The predicted molar refractivity (Wildman–Crippen MR) is 65.8 cm³/mol. The van der Waals surface area contributed by atoms with E-state index in [2.05, 4.69) is 34.2 Å². The third-order valence-electron chi connectivity index (χ3n) is 3.16. The molecule has 1 saturated heterocycles. The van der Waals surface area contributed by atoms with Crippen LogP contribution in [0, 0.1) is 0 Å². The molecule has 0 aromatic carbocycles. The lowest BCUT2D eigenvalue weighted by atomic mass is 9.99. The Morgan fingerprint density at radius 1 is 1.44 bits per heavy atom. The van der Waals surface area contributed by atoms with Gasteiger partial charge in [0.15, 0.2) is 0 Å². The molecule has 0 saturated carbocycles. The van der Waals surface area contributed by atoms with Crippen molar-refractivity contribution in [2.24, 2.45) is 0 Å². The normalized spacial score (nSPS) is 26.7. The van der Waals surface area contributed by atoms with Gasteiger partial charge >= 0.3 is 0 Å². The minimum absolute atomic E-state index is 0.465. The molecule has 0 aliphatic carbocycles. The smallest absolute Gasteiger partial charge is 0.222 e. The quantitative estimate of drug-likeness (QED) is 0.859. The zero-order valence-electron chi connectivity index (χ0n) is 9.65. The van der Waals surface area contributed by atoms with E-state index in [0.29, 0.717) is 23.1 Å². The first-order valence-electron chi connectivity index (χ1n) is 5.59. The monoisotopic (exact) mass is 240 g/mol. The number of nitrogens with zero attached hydrogens (tertiary/aromatic N) is 3. The summed E-state index contributed by atoms with van der Waals surface area (Å²) >= 11 is 5.74. The Kier molecular flexibility index (Phi) is 3.61. The van der Waals surface area contributed by atoms with Gasteiger partial charge in [0.2, 0.25) is 5.95 Å². The van der Waals surface area contributed by atoms with Crippen LogP contribution in [0.15, 0.2) is 12.4 Å². The van der Waals surface area contributed by atoms with Crippen LogP contribution in [-0.2, 0) is 0 Å². The maximum atomic E-state index is 5.74. The highest BCUT2D eigenvalue weighted by atomic mass is 35.5. The van der Waals surface area contributed by atoms with Crippen LogP contribution in [0.3, 0.4) is 0 Å². The van der Waals surface area contributed by atoms with Gasteiger partial charge in [-0.05, 0) is 26.8 Å². The lowest BCUT2D eigenvalue weighted by molar-refractivity contribution is 0.190. The largest absolute Gasteiger partial charge is 0.351 e. The van der Waals surface area contributed by atoms with Crippen molar-refractivity contribution >= 4 is 17.5 Å². The second-order valence-corrected chi connectivity index (χ2v) is 4.86. The predicted octanol–water partition coefficient (Wildman–Crippen LogP) is 2.02. The van der Waals surface area contributed by atoms with Gasteiger partial charge in [0, 0.05) is 18.6 Å². The van der Waals surface area contributed by atoms with E-state index in [4.69, 9.17) is 11.6 Å². The highest BCUT2D eigenvalue weighted by Crippen LogP contribution is 2.18. The summed E-state index contributed by atoms with van der Waals surface area (Å²) in [4.78, 5) is 10.7. The second-order valence-electron chi connectivity index (χ2n) is 4.42. The molecule has 1 fully saturated rings. The molecule has 0 radical (unpaired) electrons. The fourth-order valence-electron chi connectivity index (χ4n) is 1.99. The third kappa shape index (κ3) is 2.83. The summed E-state index contributed by atoms with van der Waals surface area (Å²) in [6.45, 7) is 3.36. The first-order chi connectivity index (χ1) is 7.65. The number of halogens is 1. The number of nitrogens with one attached hydrogen (secondary N) is 1. The van der Waals surface area contributed by atoms with E-state index < -0.39 is 0 Å². The van der Waals surface area contributed by atoms with Crippen LogP contribution in [-0.4, -0.2) is 40.5 Å². The molecule has 1 aliphatic heterocycles. The summed E-state index contributed by atoms with van der Waals surface area (Å²) < 4.78 is 0. The van der Waals surface area contributed by atoms with E-state index >= 15 is 0 Å². The molecule has 16 heavy (non-hydrogen) atoms. The zero-order chi connectivity index (χ0) is 11.5. The average molecular weight is 241 g/mol. The molecule has 4 nitrogen and oxygen atoms in total. The highest BCUT2D eigenvalue weighted by molar-refractivity contribution is 6.30. The van der Waals surface area contributed by atoms with E-state index in [0.717, 1.165) is 19.4 Å². The number of likely N-dealkylation sites (tertiary alicyclic amines) is 1. The Hall–Kier alpha value is -0.870. The summed E-state index contributed by atoms with van der Waals surface area (Å²) in [6.07, 6.45) is 5.50. The molecule has 2 unspecified atom stereocenters. The van der Waals surface area contributed by atoms with Crippen LogP contribution >= 0.6 is 11.6 Å². The summed E-state index contributed by atoms with van der Waals surface area (Å²) in [7, 11) is 2.17. The van der Waals surface area contributed by atoms with Gasteiger partial charge in [-0.1, -0.05) is 11.6 Å². The Bertz CT molecular complexity index is 340. The van der Waals surface area contributed by atoms with Crippen LogP contribution in [0.1, 0.15) is 19.8 Å². The van der Waals surface area contributed by atoms with Gasteiger partial charge in [-0.3, -0.25) is 0 Å². The minimum Gasteiger partial charge on any atom is -0.351 e. The van der Waals surface area contributed by atoms with Crippen LogP contribution in [0.5, 0.6) is 0 Å². The lowest BCUT2D eigenvalue weighted by Crippen LogP contribution is -2.42. The first-order valence-corrected chi connectivity index (χ1v) is 5.97. The molecule has 0 amide bonds. The Morgan fingerprint density at radius 3 is 2.75 bits per heavy atom. The van der Waals surface area contributed by atoms with Gasteiger partial charge in [-0.15, -0.1) is 0 Å². The van der Waals surface area contributed by atoms with Gasteiger partial charge < -0.3 is 10.2 Å². The summed E-state index contributed by atoms with van der Waals surface area (Å²) in [6, 6.07) is 1.07. The summed E-state index contributed by atoms with van der Waals surface area (Å²) in [5, 5.41) is 3.92. The molecule has 88 valence electrons. The molecular formula is C11H17ClN4. The molecule has 2 atom stereocenters. The topological polar surface area (TPSA) is 41.1 Å². The fraction of sp³-hybridized carbons (Fsp3) is 0.636. The summed E-state index contributed by atoms with van der Waals surface area (Å²) in [5.41, 5.74) is 0. The van der Waals surface area contributed by atoms with Gasteiger partial charge in [0.25, 0.3) is 0 Å². The molecule has 1 N–H and O–H groups in total. The van der Waals surface area contributed by atoms with E-state index in [9.17, 15) is 0 Å². The molecule has 1 aromatic rings. The standard InChI is InChI=1S/C11H17ClN4/c1-8-5-10(3-4-16(8)2)15-11-13-6-9(12)7-14-11/h6-8,10H,3-5H2,1-2H3,(H,13,14,15). The molecule has 2 rings (SSSR count). The minimum atomic E-state index is 0.465. The number of hydrogen-bond donors (Lipinski definition) is 1. The number of hydrogen-bond acceptors (Lipinski definition) is 4. The maximum absolute atomic E-state index is 5.74. The Morgan fingerprint density at radius 2 is 2.12 bits per heavy atom. The lowest BCUT2D eigenvalue weighted by Gasteiger charge is -2.35. The SMILES string of the molecule is CC1CC(Nc2ncc(Cl)cn2)CCN1C. The van der Waals surface area contributed by atoms with Gasteiger partial charge in [-0.25, -0.2) is 9.97 Å². The molecule has 5 heteroatoms. The van der Waals surface area contributed by atoms with E-state index in [1.165, 1.54) is 0 Å². The number of aromatic nitrogens is 2. The summed E-state index contributed by atoms with van der Waals surface area (Å²) in [5.74, 6) is 0.672. The van der Waals surface area contributed by atoms with E-state index in [-0.39, 0.29) is 0 Å². The van der Waals surface area contributed by atoms with E-state index in [1.807, 2.05) is 0 Å². The van der Waals surface area contributed by atoms with Crippen molar-refractivity contribution in [2.45, 2.75) is 31.8 Å². The molecule has 2 heterocycles. The highest BCUT2D eigenvalue weighted by Gasteiger charge is 2.22. The molecule has 1 aliphatic rings. The molecule has 0 bridgehead atoms. The molecule has 1 aromatic heterocycles. The Balaban J connectivity index is 1.93. The maximum Gasteiger partial charge on any atom is 0.222 e. The van der Waals surface area contributed by atoms with Crippen molar-refractivity contribution in [2.75, 3.05) is 18.9 Å². The average Bonchev–Trinajstić information content (AvgIpc) is 2.27. The van der Waals surface area contributed by atoms with Crippen molar-refractivity contribution in [3.63, 3.8) is 0 Å². The van der Waals surface area contributed by atoms with Crippen molar-refractivity contribution in [1.29, 1.82) is 0 Å². The second kappa shape index (κ2) is 4.97. The van der Waals surface area contributed by atoms with Gasteiger partial charge in [0.05, 0.1) is 17.4 Å². The van der Waals surface area contributed by atoms with Crippen LogP contribution in [0.2, 0.25) is 5.02 Å². The van der Waals surface area contributed by atoms with Crippen molar-refractivity contribution < 1.29 is 0 Å². The van der Waals surface area contributed by atoms with Gasteiger partial charge in [-0.2, -0.15) is 0 Å². The van der Waals surface area contributed by atoms with Crippen LogP contribution < -0.4 is 5.32 Å². The van der Waals surface area contributed by atoms with Crippen LogP contribution in [0.4, 0.5) is 5.95 Å². The van der Waals surface area contributed by atoms with Crippen molar-refractivity contribution in [3.05, 3.63) is 17.4 Å². The van der Waals surface area contributed by atoms with E-state index in [1.54, 1.807) is 12.4 Å².